The average molecular weight is 327 g/mol. The van der Waals surface area contributed by atoms with Crippen LogP contribution >= 0.6 is 0 Å². The Balaban J connectivity index is 1.88. The quantitative estimate of drug-likeness (QED) is 0.800. The zero-order valence-electron chi connectivity index (χ0n) is 12.9. The van der Waals surface area contributed by atoms with Crippen LogP contribution in [0.15, 0.2) is 65.8 Å². The molecule has 0 bridgehead atoms. The molecule has 3 rings (SSSR count). The summed E-state index contributed by atoms with van der Waals surface area (Å²) in [5.41, 5.74) is 3.47. The Morgan fingerprint density at radius 1 is 1.00 bits per heavy atom. The lowest BCUT2D eigenvalue weighted by atomic mass is 10.2. The van der Waals surface area contributed by atoms with E-state index in [1.54, 1.807) is 16.8 Å². The Hall–Kier alpha value is -2.60. The van der Waals surface area contributed by atoms with Gasteiger partial charge in [-0.3, -0.25) is 4.72 Å². The van der Waals surface area contributed by atoms with Crippen LogP contribution in [0.4, 0.5) is 5.69 Å². The molecule has 118 valence electrons. The van der Waals surface area contributed by atoms with Gasteiger partial charge >= 0.3 is 0 Å². The van der Waals surface area contributed by atoms with Gasteiger partial charge in [0.2, 0.25) is 0 Å². The van der Waals surface area contributed by atoms with E-state index in [1.807, 2.05) is 50.2 Å². The van der Waals surface area contributed by atoms with Crippen molar-refractivity contribution in [2.24, 2.45) is 0 Å². The van der Waals surface area contributed by atoms with Gasteiger partial charge in [0.25, 0.3) is 10.0 Å². The van der Waals surface area contributed by atoms with Gasteiger partial charge in [0.05, 0.1) is 18.1 Å². The minimum atomic E-state index is -3.66. The van der Waals surface area contributed by atoms with Gasteiger partial charge < -0.3 is 0 Å². The molecule has 0 unspecified atom stereocenters. The topological polar surface area (TPSA) is 64.0 Å². The summed E-state index contributed by atoms with van der Waals surface area (Å²) >= 11 is 0. The molecule has 5 nitrogen and oxygen atoms in total. The molecular weight excluding hydrogens is 310 g/mol. The van der Waals surface area contributed by atoms with Gasteiger partial charge in [-0.1, -0.05) is 29.8 Å². The maximum Gasteiger partial charge on any atom is 0.265 e. The molecule has 3 aromatic rings. The molecule has 0 aliphatic rings. The van der Waals surface area contributed by atoms with Crippen molar-refractivity contribution in [1.82, 2.24) is 9.78 Å². The summed E-state index contributed by atoms with van der Waals surface area (Å²) in [6.45, 7) is 3.90. The van der Waals surface area contributed by atoms with E-state index < -0.39 is 10.0 Å². The SMILES string of the molecule is Cc1ccc(-n2cc(S(=O)(=O)Nc3cccc(C)c3)cn2)cc1. The van der Waals surface area contributed by atoms with Crippen molar-refractivity contribution < 1.29 is 8.42 Å². The van der Waals surface area contributed by atoms with Crippen LogP contribution in [0, 0.1) is 13.8 Å². The van der Waals surface area contributed by atoms with E-state index in [0.29, 0.717) is 5.69 Å². The molecule has 1 aromatic heterocycles. The van der Waals surface area contributed by atoms with Gasteiger partial charge in [0.1, 0.15) is 4.90 Å². The largest absolute Gasteiger partial charge is 0.280 e. The highest BCUT2D eigenvalue weighted by Gasteiger charge is 2.17. The van der Waals surface area contributed by atoms with Crippen molar-refractivity contribution in [2.45, 2.75) is 18.7 Å². The standard InChI is InChI=1S/C17H17N3O2S/c1-13-6-8-16(9-7-13)20-12-17(11-18-20)23(21,22)19-15-5-3-4-14(2)10-15/h3-12,19H,1-2H3. The number of aromatic nitrogens is 2. The Morgan fingerprint density at radius 2 is 1.74 bits per heavy atom. The maximum absolute atomic E-state index is 12.4. The number of benzene rings is 2. The summed E-state index contributed by atoms with van der Waals surface area (Å²) in [5.74, 6) is 0. The van der Waals surface area contributed by atoms with Crippen molar-refractivity contribution in [3.8, 4) is 5.69 Å². The van der Waals surface area contributed by atoms with E-state index in [1.165, 1.54) is 12.4 Å². The lowest BCUT2D eigenvalue weighted by molar-refractivity contribution is 0.601. The molecule has 0 saturated carbocycles. The highest BCUT2D eigenvalue weighted by Crippen LogP contribution is 2.18. The Bertz CT molecular complexity index is 928. The molecule has 6 heteroatoms. The van der Waals surface area contributed by atoms with Crippen molar-refractivity contribution in [3.05, 3.63) is 72.1 Å². The van der Waals surface area contributed by atoms with E-state index in [0.717, 1.165) is 16.8 Å². The Labute approximate surface area is 135 Å². The van der Waals surface area contributed by atoms with Crippen LogP contribution < -0.4 is 4.72 Å². The van der Waals surface area contributed by atoms with Crippen molar-refractivity contribution >= 4 is 15.7 Å². The van der Waals surface area contributed by atoms with Gasteiger partial charge in [-0.2, -0.15) is 5.10 Å². The molecular formula is C17H17N3O2S. The van der Waals surface area contributed by atoms with Gasteiger partial charge in [0.15, 0.2) is 0 Å². The van der Waals surface area contributed by atoms with E-state index >= 15 is 0 Å². The fourth-order valence-corrected chi connectivity index (χ4v) is 3.19. The second-order valence-corrected chi connectivity index (χ2v) is 7.11. The molecule has 0 fully saturated rings. The van der Waals surface area contributed by atoms with Gasteiger partial charge in [-0.25, -0.2) is 13.1 Å². The van der Waals surface area contributed by atoms with E-state index in [-0.39, 0.29) is 4.90 Å². The Morgan fingerprint density at radius 3 is 2.43 bits per heavy atom. The van der Waals surface area contributed by atoms with Crippen molar-refractivity contribution in [1.29, 1.82) is 0 Å². The molecule has 2 aromatic carbocycles. The van der Waals surface area contributed by atoms with E-state index in [2.05, 4.69) is 9.82 Å². The van der Waals surface area contributed by atoms with Crippen LogP contribution in [0.5, 0.6) is 0 Å². The lowest BCUT2D eigenvalue weighted by Gasteiger charge is -2.06. The van der Waals surface area contributed by atoms with Gasteiger partial charge in [-0.05, 0) is 43.7 Å². The molecule has 1 N–H and O–H groups in total. The second-order valence-electron chi connectivity index (χ2n) is 5.43. The normalized spacial score (nSPS) is 11.4. The zero-order chi connectivity index (χ0) is 16.4. The number of nitrogens with one attached hydrogen (secondary N) is 1. The smallest absolute Gasteiger partial charge is 0.265 e. The summed E-state index contributed by atoms with van der Waals surface area (Å²) in [7, 11) is -3.66. The number of hydrogen-bond acceptors (Lipinski definition) is 3. The minimum Gasteiger partial charge on any atom is -0.280 e. The van der Waals surface area contributed by atoms with E-state index in [9.17, 15) is 8.42 Å². The zero-order valence-corrected chi connectivity index (χ0v) is 13.7. The number of rotatable bonds is 4. The lowest BCUT2D eigenvalue weighted by Crippen LogP contribution is -2.12. The first-order chi connectivity index (χ1) is 10.9. The van der Waals surface area contributed by atoms with Gasteiger partial charge in [-0.15, -0.1) is 0 Å². The predicted molar refractivity (Wildman–Crippen MR) is 90.3 cm³/mol. The molecule has 0 amide bonds. The van der Waals surface area contributed by atoms with E-state index in [4.69, 9.17) is 0 Å². The molecule has 0 atom stereocenters. The molecule has 0 radical (unpaired) electrons. The molecule has 0 aliphatic heterocycles. The highest BCUT2D eigenvalue weighted by molar-refractivity contribution is 7.92. The second kappa shape index (κ2) is 5.89. The maximum atomic E-state index is 12.4. The fraction of sp³-hybridized carbons (Fsp3) is 0.118. The van der Waals surface area contributed by atoms with Crippen molar-refractivity contribution in [3.63, 3.8) is 0 Å². The minimum absolute atomic E-state index is 0.125. The highest BCUT2D eigenvalue weighted by atomic mass is 32.2. The molecule has 0 aliphatic carbocycles. The molecule has 23 heavy (non-hydrogen) atoms. The molecule has 1 heterocycles. The number of hydrogen-bond donors (Lipinski definition) is 1. The summed E-state index contributed by atoms with van der Waals surface area (Å²) in [4.78, 5) is 0.125. The van der Waals surface area contributed by atoms with Crippen LogP contribution in [0.1, 0.15) is 11.1 Å². The number of sulfonamides is 1. The third-order valence-electron chi connectivity index (χ3n) is 3.44. The van der Waals surface area contributed by atoms with Crippen molar-refractivity contribution in [2.75, 3.05) is 4.72 Å². The fourth-order valence-electron chi connectivity index (χ4n) is 2.21. The van der Waals surface area contributed by atoms with Crippen LogP contribution in [0.3, 0.4) is 0 Å². The first-order valence-corrected chi connectivity index (χ1v) is 8.63. The van der Waals surface area contributed by atoms with Crippen LogP contribution in [0.2, 0.25) is 0 Å². The third-order valence-corrected chi connectivity index (χ3v) is 4.77. The number of aryl methyl sites for hydroxylation is 2. The molecule has 0 saturated heterocycles. The summed E-state index contributed by atoms with van der Waals surface area (Å²) in [6, 6.07) is 14.9. The number of nitrogens with zero attached hydrogens (tertiary/aromatic N) is 2. The van der Waals surface area contributed by atoms with Crippen LogP contribution in [-0.2, 0) is 10.0 Å². The van der Waals surface area contributed by atoms with Gasteiger partial charge in [0, 0.05) is 5.69 Å². The third kappa shape index (κ3) is 3.43. The number of anilines is 1. The predicted octanol–water partition coefficient (Wildman–Crippen LogP) is 3.29. The summed E-state index contributed by atoms with van der Waals surface area (Å²) in [5, 5.41) is 4.14. The summed E-state index contributed by atoms with van der Waals surface area (Å²) in [6.07, 6.45) is 2.85. The van der Waals surface area contributed by atoms with Crippen LogP contribution in [0.25, 0.3) is 5.69 Å². The molecule has 0 spiro atoms. The van der Waals surface area contributed by atoms with Crippen LogP contribution in [-0.4, -0.2) is 18.2 Å². The first kappa shape index (κ1) is 15.3. The Kier molecular flexibility index (Phi) is 3.92. The summed E-state index contributed by atoms with van der Waals surface area (Å²) < 4.78 is 29.0. The average Bonchev–Trinajstić information content (AvgIpc) is 2.98. The monoisotopic (exact) mass is 327 g/mol. The first-order valence-electron chi connectivity index (χ1n) is 7.15.